The first-order valence-electron chi connectivity index (χ1n) is 16.3. The molecule has 2 amide bonds. The zero-order valence-electron chi connectivity index (χ0n) is 24.4. The number of amides is 2. The predicted molar refractivity (Wildman–Crippen MR) is 163 cm³/mol. The second-order valence-electron chi connectivity index (χ2n) is 14.2. The Balaban J connectivity index is 0.929. The summed E-state index contributed by atoms with van der Waals surface area (Å²) in [5.41, 5.74) is 2.85. The van der Waals surface area contributed by atoms with E-state index < -0.39 is 0 Å². The summed E-state index contributed by atoms with van der Waals surface area (Å²) in [5, 5.41) is 6.71. The molecule has 1 aromatic carbocycles. The van der Waals surface area contributed by atoms with E-state index in [1.54, 1.807) is 0 Å². The van der Waals surface area contributed by atoms with E-state index in [2.05, 4.69) is 54.6 Å². The van der Waals surface area contributed by atoms with Crippen molar-refractivity contribution in [3.8, 4) is 0 Å². The number of rotatable bonds is 8. The first-order valence-corrected chi connectivity index (χ1v) is 17.1. The van der Waals surface area contributed by atoms with Crippen LogP contribution in [0.2, 0.25) is 0 Å². The Morgan fingerprint density at radius 2 is 1.63 bits per heavy atom. The summed E-state index contributed by atoms with van der Waals surface area (Å²) in [4.78, 5) is 31.0. The molecule has 2 saturated heterocycles. The number of hydrogen-bond acceptors (Lipinski definition) is 5. The van der Waals surface area contributed by atoms with Gasteiger partial charge in [0, 0.05) is 43.1 Å². The first-order chi connectivity index (χ1) is 20.0. The number of nitrogens with zero attached hydrogens (tertiary/aromatic N) is 2. The van der Waals surface area contributed by atoms with Gasteiger partial charge in [-0.3, -0.25) is 19.4 Å². The van der Waals surface area contributed by atoms with Gasteiger partial charge in [-0.05, 0) is 117 Å². The number of carbonyl (C=O) groups excluding carboxylic acids is 2. The van der Waals surface area contributed by atoms with Crippen molar-refractivity contribution in [1.82, 2.24) is 20.4 Å². The van der Waals surface area contributed by atoms with E-state index in [4.69, 9.17) is 4.74 Å². The summed E-state index contributed by atoms with van der Waals surface area (Å²) in [7, 11) is 0. The highest BCUT2D eigenvalue weighted by atomic mass is 79.9. The monoisotopic (exact) mass is 626 g/mol. The minimum atomic E-state index is 0.0859. The van der Waals surface area contributed by atoms with Crippen molar-refractivity contribution >= 4 is 27.7 Å². The van der Waals surface area contributed by atoms with Gasteiger partial charge < -0.3 is 15.4 Å². The number of halogens is 1. The highest BCUT2D eigenvalue weighted by Gasteiger charge is 2.49. The van der Waals surface area contributed by atoms with Crippen molar-refractivity contribution in [2.45, 2.75) is 75.2 Å². The van der Waals surface area contributed by atoms with Gasteiger partial charge in [0.05, 0.1) is 19.8 Å². The third-order valence-corrected chi connectivity index (χ3v) is 12.3. The third-order valence-electron chi connectivity index (χ3n) is 11.7. The molecule has 41 heavy (non-hydrogen) atoms. The quantitative estimate of drug-likeness (QED) is 0.455. The topological polar surface area (TPSA) is 73.9 Å². The Labute approximate surface area is 253 Å². The number of ether oxygens (including phenoxy) is 1. The van der Waals surface area contributed by atoms with Gasteiger partial charge in [0.25, 0.3) is 0 Å². The molecule has 6 fully saturated rings. The van der Waals surface area contributed by atoms with Crippen molar-refractivity contribution in [3.05, 3.63) is 33.8 Å². The van der Waals surface area contributed by atoms with Crippen LogP contribution in [0.15, 0.2) is 22.7 Å². The van der Waals surface area contributed by atoms with Crippen molar-refractivity contribution in [2.24, 2.45) is 23.7 Å². The molecule has 0 aromatic heterocycles. The fourth-order valence-electron chi connectivity index (χ4n) is 9.97. The lowest BCUT2D eigenvalue weighted by Crippen LogP contribution is -2.57. The summed E-state index contributed by atoms with van der Waals surface area (Å²) in [5.74, 6) is 3.95. The van der Waals surface area contributed by atoms with Gasteiger partial charge in [-0.2, -0.15) is 0 Å². The lowest BCUT2D eigenvalue weighted by Gasteiger charge is -2.54. The van der Waals surface area contributed by atoms with Gasteiger partial charge in [0.1, 0.15) is 0 Å². The molecule has 5 aliphatic carbocycles. The average molecular weight is 628 g/mol. The summed E-state index contributed by atoms with van der Waals surface area (Å²) < 4.78 is 6.61. The molecule has 4 saturated carbocycles. The van der Waals surface area contributed by atoms with Gasteiger partial charge in [-0.15, -0.1) is 0 Å². The van der Waals surface area contributed by atoms with Crippen LogP contribution in [0.4, 0.5) is 0 Å². The van der Waals surface area contributed by atoms with Gasteiger partial charge >= 0.3 is 0 Å². The molecule has 2 heterocycles. The minimum Gasteiger partial charge on any atom is -0.379 e. The van der Waals surface area contributed by atoms with Crippen molar-refractivity contribution in [2.75, 3.05) is 59.0 Å². The molecule has 2 aliphatic heterocycles. The Bertz CT molecular complexity index is 1100. The van der Waals surface area contributed by atoms with Crippen LogP contribution in [0.5, 0.6) is 0 Å². The van der Waals surface area contributed by atoms with Crippen molar-refractivity contribution in [3.63, 3.8) is 0 Å². The highest BCUT2D eigenvalue weighted by Crippen LogP contribution is 2.55. The molecule has 1 spiro atoms. The summed E-state index contributed by atoms with van der Waals surface area (Å²) in [6.45, 7) is 7.45. The van der Waals surface area contributed by atoms with Crippen molar-refractivity contribution in [1.29, 1.82) is 0 Å². The van der Waals surface area contributed by atoms with Crippen LogP contribution in [0.1, 0.15) is 74.8 Å². The molecular weight excluding hydrogens is 580 g/mol. The second-order valence-corrected chi connectivity index (χ2v) is 15.0. The Hall–Kier alpha value is -1.48. The first kappa shape index (κ1) is 28.3. The maximum absolute atomic E-state index is 13.2. The molecule has 8 heteroatoms. The summed E-state index contributed by atoms with van der Waals surface area (Å²) >= 11 is 3.88. The van der Waals surface area contributed by atoms with Gasteiger partial charge in [-0.1, -0.05) is 28.1 Å². The average Bonchev–Trinajstić information content (AvgIpc) is 3.25. The third kappa shape index (κ3) is 5.87. The van der Waals surface area contributed by atoms with E-state index in [9.17, 15) is 9.59 Å². The SMILES string of the molecule is O=C(CC1CC2(CCN(CC(=O)NC3C4CC5CC(C4)CC3C5)CC2)c2c(Br)cccc21)NCCN1CCOCC1. The van der Waals surface area contributed by atoms with E-state index in [1.165, 1.54) is 47.7 Å². The Morgan fingerprint density at radius 3 is 2.34 bits per heavy atom. The molecule has 8 rings (SSSR count). The summed E-state index contributed by atoms with van der Waals surface area (Å²) in [6, 6.07) is 6.95. The van der Waals surface area contributed by atoms with E-state index >= 15 is 0 Å². The number of piperidine rings is 1. The molecule has 224 valence electrons. The fourth-order valence-corrected chi connectivity index (χ4v) is 10.8. The lowest BCUT2D eigenvalue weighted by molar-refractivity contribution is -0.126. The van der Waals surface area contributed by atoms with Gasteiger partial charge in [0.2, 0.25) is 11.8 Å². The highest BCUT2D eigenvalue weighted by molar-refractivity contribution is 9.10. The zero-order chi connectivity index (χ0) is 28.0. The largest absolute Gasteiger partial charge is 0.379 e. The maximum Gasteiger partial charge on any atom is 0.234 e. The standard InChI is InChI=1S/C33H47BrN4O3/c34-28-3-1-2-27-26(19-29(39)35-6-9-37-10-12-41-13-11-37)20-33(31(27)28)4-7-38(8-5-33)21-30(40)36-32-24-15-22-14-23(17-24)18-25(32)16-22/h1-3,22-26,32H,4-21H2,(H,35,39)(H,36,40). The number of benzene rings is 1. The van der Waals surface area contributed by atoms with E-state index in [0.717, 1.165) is 88.9 Å². The Morgan fingerprint density at radius 1 is 0.927 bits per heavy atom. The van der Waals surface area contributed by atoms with Crippen molar-refractivity contribution < 1.29 is 14.3 Å². The smallest absolute Gasteiger partial charge is 0.234 e. The molecule has 1 unspecified atom stereocenters. The molecule has 7 nitrogen and oxygen atoms in total. The normalized spacial score (nSPS) is 34.1. The molecule has 0 radical (unpaired) electrons. The van der Waals surface area contributed by atoms with Crippen LogP contribution in [-0.2, 0) is 19.7 Å². The molecule has 2 N–H and O–H groups in total. The summed E-state index contributed by atoms with van der Waals surface area (Å²) in [6.07, 6.45) is 10.5. The number of nitrogens with one attached hydrogen (secondary N) is 2. The van der Waals surface area contributed by atoms with Crippen LogP contribution >= 0.6 is 15.9 Å². The van der Waals surface area contributed by atoms with E-state index in [-0.39, 0.29) is 23.1 Å². The van der Waals surface area contributed by atoms with Crippen LogP contribution in [0.3, 0.4) is 0 Å². The van der Waals surface area contributed by atoms with Crippen LogP contribution in [0, 0.1) is 23.7 Å². The van der Waals surface area contributed by atoms with Crippen LogP contribution < -0.4 is 10.6 Å². The predicted octanol–water partition coefficient (Wildman–Crippen LogP) is 4.05. The van der Waals surface area contributed by atoms with E-state index in [1.807, 2.05) is 0 Å². The number of hydrogen-bond donors (Lipinski definition) is 2. The van der Waals surface area contributed by atoms with E-state index in [0.29, 0.717) is 25.6 Å². The number of likely N-dealkylation sites (tertiary alicyclic amines) is 1. The molecule has 1 aromatic rings. The number of morpholine rings is 1. The molecular formula is C33H47BrN4O3. The lowest BCUT2D eigenvalue weighted by atomic mass is 9.54. The fraction of sp³-hybridized carbons (Fsp3) is 0.758. The maximum atomic E-state index is 13.2. The zero-order valence-corrected chi connectivity index (χ0v) is 26.0. The van der Waals surface area contributed by atoms with Gasteiger partial charge in [0.15, 0.2) is 0 Å². The minimum absolute atomic E-state index is 0.0859. The number of carbonyl (C=O) groups is 2. The molecule has 4 bridgehead atoms. The van der Waals surface area contributed by atoms with Gasteiger partial charge in [-0.25, -0.2) is 0 Å². The molecule has 7 aliphatic rings. The Kier molecular flexibility index (Phi) is 8.21. The second kappa shape index (κ2) is 11.9. The number of fused-ring (bicyclic) bond motifs is 2. The molecule has 1 atom stereocenters. The van der Waals surface area contributed by atoms with Crippen LogP contribution in [-0.4, -0.2) is 86.7 Å². The van der Waals surface area contributed by atoms with Crippen LogP contribution in [0.25, 0.3) is 0 Å².